The number of anilines is 1. The van der Waals surface area contributed by atoms with Gasteiger partial charge < -0.3 is 10.2 Å². The van der Waals surface area contributed by atoms with Crippen molar-refractivity contribution in [2.45, 2.75) is 45.8 Å². The highest BCUT2D eigenvalue weighted by atomic mass is 35.5. The van der Waals surface area contributed by atoms with Crippen molar-refractivity contribution in [2.75, 3.05) is 5.32 Å². The minimum atomic E-state index is -0.231. The number of rotatable bonds is 3. The van der Waals surface area contributed by atoms with E-state index in [1.165, 1.54) is 0 Å². The maximum Gasteiger partial charge on any atom is 0.246 e. The molecule has 0 spiro atoms. The summed E-state index contributed by atoms with van der Waals surface area (Å²) in [4.78, 5) is 23.9. The van der Waals surface area contributed by atoms with E-state index in [9.17, 15) is 4.79 Å². The monoisotopic (exact) mass is 356 g/mol. The van der Waals surface area contributed by atoms with E-state index in [0.717, 1.165) is 34.8 Å². The van der Waals surface area contributed by atoms with E-state index in [2.05, 4.69) is 29.1 Å². The topological polar surface area (TPSA) is 58.1 Å². The number of fused-ring (bicyclic) bond motifs is 2. The molecule has 25 heavy (non-hydrogen) atoms. The van der Waals surface area contributed by atoms with Gasteiger partial charge in [-0.1, -0.05) is 25.4 Å². The van der Waals surface area contributed by atoms with E-state index in [0.29, 0.717) is 30.5 Å². The zero-order valence-corrected chi connectivity index (χ0v) is 15.2. The molecule has 3 heterocycles. The van der Waals surface area contributed by atoms with Crippen molar-refractivity contribution in [2.24, 2.45) is 5.92 Å². The van der Waals surface area contributed by atoms with E-state index < -0.39 is 0 Å². The average molecular weight is 357 g/mol. The summed E-state index contributed by atoms with van der Waals surface area (Å²) in [5.74, 6) is 1.49. The molecule has 4 rings (SSSR count). The van der Waals surface area contributed by atoms with Crippen LogP contribution in [0.4, 0.5) is 5.69 Å². The highest BCUT2D eigenvalue weighted by Gasteiger charge is 2.33. The molecule has 1 atom stereocenters. The van der Waals surface area contributed by atoms with Gasteiger partial charge in [0.2, 0.25) is 5.91 Å². The molecular weight excluding hydrogens is 336 g/mol. The molecule has 2 aliphatic rings. The second kappa shape index (κ2) is 6.30. The quantitative estimate of drug-likeness (QED) is 0.917. The first-order chi connectivity index (χ1) is 12.0. The highest BCUT2D eigenvalue weighted by Crippen LogP contribution is 2.30. The summed E-state index contributed by atoms with van der Waals surface area (Å²) in [6.07, 6.45) is 3.41. The van der Waals surface area contributed by atoms with Gasteiger partial charge in [0.1, 0.15) is 11.9 Å². The maximum atomic E-state index is 12.9. The maximum absolute atomic E-state index is 12.9. The Morgan fingerprint density at radius 2 is 2.20 bits per heavy atom. The minimum Gasteiger partial charge on any atom is -0.373 e. The van der Waals surface area contributed by atoms with Crippen LogP contribution in [0.15, 0.2) is 24.4 Å². The van der Waals surface area contributed by atoms with E-state index in [1.807, 2.05) is 29.3 Å². The van der Waals surface area contributed by atoms with Gasteiger partial charge in [-0.2, -0.15) is 0 Å². The van der Waals surface area contributed by atoms with Crippen LogP contribution >= 0.6 is 11.6 Å². The molecule has 1 aromatic carbocycles. The number of nitrogens with one attached hydrogen (secondary N) is 1. The summed E-state index contributed by atoms with van der Waals surface area (Å²) in [6.45, 7) is 5.46. The van der Waals surface area contributed by atoms with Gasteiger partial charge in [-0.25, -0.2) is 9.97 Å². The van der Waals surface area contributed by atoms with Crippen LogP contribution in [-0.4, -0.2) is 26.8 Å². The first-order valence-corrected chi connectivity index (χ1v) is 9.05. The Morgan fingerprint density at radius 3 is 3.00 bits per heavy atom. The van der Waals surface area contributed by atoms with E-state index in [1.54, 1.807) is 0 Å². The van der Waals surface area contributed by atoms with Crippen molar-refractivity contribution in [1.82, 2.24) is 14.9 Å². The molecule has 0 unspecified atom stereocenters. The summed E-state index contributed by atoms with van der Waals surface area (Å²) in [7, 11) is 0. The van der Waals surface area contributed by atoms with Crippen LogP contribution in [0, 0.1) is 5.92 Å². The second-order valence-electron chi connectivity index (χ2n) is 7.25. The summed E-state index contributed by atoms with van der Waals surface area (Å²) in [5.41, 5.74) is 4.14. The SMILES string of the molecule is CC(C)Cc1ncc2c(n1)CN(C(=O)[C@@H]1Cc3cc(Cl)ccc3N1)C2. The van der Waals surface area contributed by atoms with Crippen LogP contribution in [0.2, 0.25) is 5.02 Å². The van der Waals surface area contributed by atoms with Crippen LogP contribution in [0.25, 0.3) is 0 Å². The van der Waals surface area contributed by atoms with Crippen molar-refractivity contribution < 1.29 is 4.79 Å². The van der Waals surface area contributed by atoms with Crippen LogP contribution in [-0.2, 0) is 30.7 Å². The first-order valence-electron chi connectivity index (χ1n) is 8.67. The Bertz CT molecular complexity index is 836. The molecule has 2 aromatic rings. The molecule has 5 nitrogen and oxygen atoms in total. The molecule has 0 saturated carbocycles. The van der Waals surface area contributed by atoms with E-state index in [-0.39, 0.29) is 11.9 Å². The van der Waals surface area contributed by atoms with Crippen LogP contribution in [0.1, 0.15) is 36.5 Å². The molecule has 130 valence electrons. The Kier molecular flexibility index (Phi) is 4.12. The Labute approximate surface area is 152 Å². The summed E-state index contributed by atoms with van der Waals surface area (Å²) < 4.78 is 0. The predicted molar refractivity (Wildman–Crippen MR) is 97.4 cm³/mol. The lowest BCUT2D eigenvalue weighted by atomic mass is 10.1. The number of benzene rings is 1. The number of amides is 1. The molecule has 0 radical (unpaired) electrons. The number of hydrogen-bond donors (Lipinski definition) is 1. The lowest BCUT2D eigenvalue weighted by Gasteiger charge is -2.20. The summed E-state index contributed by atoms with van der Waals surface area (Å²) >= 11 is 6.05. The third-order valence-electron chi connectivity index (χ3n) is 4.73. The van der Waals surface area contributed by atoms with Gasteiger partial charge in [0.05, 0.1) is 12.2 Å². The van der Waals surface area contributed by atoms with Crippen LogP contribution < -0.4 is 5.32 Å². The molecule has 1 N–H and O–H groups in total. The molecule has 0 bridgehead atoms. The van der Waals surface area contributed by atoms with Crippen molar-refractivity contribution in [3.8, 4) is 0 Å². The van der Waals surface area contributed by atoms with E-state index >= 15 is 0 Å². The lowest BCUT2D eigenvalue weighted by Crippen LogP contribution is -2.39. The van der Waals surface area contributed by atoms with Crippen molar-refractivity contribution in [1.29, 1.82) is 0 Å². The number of carbonyl (C=O) groups is 1. The third kappa shape index (κ3) is 3.21. The molecule has 2 aliphatic heterocycles. The fourth-order valence-electron chi connectivity index (χ4n) is 3.51. The zero-order chi connectivity index (χ0) is 17.6. The van der Waals surface area contributed by atoms with Gasteiger partial charge >= 0.3 is 0 Å². The fraction of sp³-hybridized carbons (Fsp3) is 0.421. The smallest absolute Gasteiger partial charge is 0.246 e. The Morgan fingerprint density at radius 1 is 1.36 bits per heavy atom. The van der Waals surface area contributed by atoms with Gasteiger partial charge in [0.25, 0.3) is 0 Å². The van der Waals surface area contributed by atoms with Crippen molar-refractivity contribution in [3.63, 3.8) is 0 Å². The molecule has 6 heteroatoms. The highest BCUT2D eigenvalue weighted by molar-refractivity contribution is 6.30. The summed E-state index contributed by atoms with van der Waals surface area (Å²) in [5, 5.41) is 4.02. The minimum absolute atomic E-state index is 0.107. The molecule has 0 saturated heterocycles. The van der Waals surface area contributed by atoms with E-state index in [4.69, 9.17) is 11.6 Å². The normalized spacial score (nSPS) is 18.2. The fourth-order valence-corrected chi connectivity index (χ4v) is 3.71. The molecule has 0 aliphatic carbocycles. The zero-order valence-electron chi connectivity index (χ0n) is 14.4. The van der Waals surface area contributed by atoms with Gasteiger partial charge in [0, 0.05) is 41.9 Å². The molecule has 1 amide bonds. The first kappa shape index (κ1) is 16.3. The third-order valence-corrected chi connectivity index (χ3v) is 4.96. The van der Waals surface area contributed by atoms with Gasteiger partial charge in [-0.3, -0.25) is 4.79 Å². The second-order valence-corrected chi connectivity index (χ2v) is 7.69. The lowest BCUT2D eigenvalue weighted by molar-refractivity contribution is -0.132. The largest absolute Gasteiger partial charge is 0.373 e. The van der Waals surface area contributed by atoms with Crippen molar-refractivity contribution >= 4 is 23.2 Å². The number of aromatic nitrogens is 2. The Hall–Kier alpha value is -2.14. The summed E-state index contributed by atoms with van der Waals surface area (Å²) in [6, 6.07) is 5.48. The standard InChI is InChI=1S/C19H21ClN4O/c1-11(2)5-18-21-8-13-9-24(10-17(13)23-18)19(25)16-7-12-6-14(20)3-4-15(12)22-16/h3-4,6,8,11,16,22H,5,7,9-10H2,1-2H3/t16-/m0/s1. The van der Waals surface area contributed by atoms with Crippen molar-refractivity contribution in [3.05, 3.63) is 52.1 Å². The number of carbonyl (C=O) groups excluding carboxylic acids is 1. The van der Waals surface area contributed by atoms with Gasteiger partial charge in [-0.15, -0.1) is 0 Å². The van der Waals surface area contributed by atoms with Gasteiger partial charge in [-0.05, 0) is 29.7 Å². The molecular formula is C19H21ClN4O. The molecule has 1 aromatic heterocycles. The van der Waals surface area contributed by atoms with Gasteiger partial charge in [0.15, 0.2) is 0 Å². The number of halogens is 1. The average Bonchev–Trinajstić information content (AvgIpc) is 3.16. The number of hydrogen-bond acceptors (Lipinski definition) is 4. The van der Waals surface area contributed by atoms with Crippen LogP contribution in [0.3, 0.4) is 0 Å². The van der Waals surface area contributed by atoms with Crippen LogP contribution in [0.5, 0.6) is 0 Å². The predicted octanol–water partition coefficient (Wildman–Crippen LogP) is 3.21. The molecule has 0 fully saturated rings. The Balaban J connectivity index is 1.46. The number of nitrogens with zero attached hydrogens (tertiary/aromatic N) is 3.